The van der Waals surface area contributed by atoms with Crippen LogP contribution in [0.15, 0.2) is 11.4 Å². The number of hydrogen-bond donors (Lipinski definition) is 2. The second-order valence-electron chi connectivity index (χ2n) is 5.51. The van der Waals surface area contributed by atoms with Crippen LogP contribution in [0.3, 0.4) is 0 Å². The molecular weight excluding hydrogens is 290 g/mol. The van der Waals surface area contributed by atoms with Crippen molar-refractivity contribution in [1.29, 1.82) is 0 Å². The maximum atomic E-state index is 12.4. The molecule has 0 atom stereocenters. The largest absolute Gasteiger partial charge is 0.495 e. The van der Waals surface area contributed by atoms with Crippen molar-refractivity contribution in [2.24, 2.45) is 5.92 Å². The van der Waals surface area contributed by atoms with Crippen LogP contribution in [-0.2, 0) is 4.79 Å². The molecule has 1 amide bonds. The van der Waals surface area contributed by atoms with Crippen LogP contribution in [0.25, 0.3) is 0 Å². The van der Waals surface area contributed by atoms with Crippen molar-refractivity contribution in [2.45, 2.75) is 44.6 Å². The number of methoxy groups -OCH3 is 1. The molecule has 1 aliphatic rings. The zero-order valence-corrected chi connectivity index (χ0v) is 13.2. The van der Waals surface area contributed by atoms with Crippen LogP contribution >= 0.6 is 11.3 Å². The van der Waals surface area contributed by atoms with Gasteiger partial charge in [-0.1, -0.05) is 13.3 Å². The lowest BCUT2D eigenvalue weighted by atomic mass is 9.75. The van der Waals surface area contributed by atoms with Crippen LogP contribution in [0.2, 0.25) is 0 Å². The molecule has 1 aromatic rings. The van der Waals surface area contributed by atoms with E-state index in [-0.39, 0.29) is 5.91 Å². The van der Waals surface area contributed by atoms with E-state index in [1.807, 2.05) is 0 Å². The molecule has 1 fully saturated rings. The molecular formula is C15H21NO4S. The van der Waals surface area contributed by atoms with Gasteiger partial charge in [0.1, 0.15) is 16.2 Å². The third-order valence-electron chi connectivity index (χ3n) is 4.35. The lowest BCUT2D eigenvalue weighted by Crippen LogP contribution is -2.56. The smallest absolute Gasteiger partial charge is 0.329 e. The van der Waals surface area contributed by atoms with E-state index in [1.54, 1.807) is 11.4 Å². The van der Waals surface area contributed by atoms with Gasteiger partial charge in [0.2, 0.25) is 0 Å². The number of aliphatic carboxylic acids is 1. The number of carboxylic acids is 1. The number of amides is 1. The molecule has 2 N–H and O–H groups in total. The summed E-state index contributed by atoms with van der Waals surface area (Å²) in [6.07, 6.45) is 3.71. The highest BCUT2D eigenvalue weighted by molar-refractivity contribution is 7.12. The monoisotopic (exact) mass is 311 g/mol. The minimum atomic E-state index is -1.14. The summed E-state index contributed by atoms with van der Waals surface area (Å²) >= 11 is 1.26. The van der Waals surface area contributed by atoms with Crippen molar-refractivity contribution in [3.8, 4) is 5.75 Å². The highest BCUT2D eigenvalue weighted by Crippen LogP contribution is 2.35. The molecule has 1 saturated carbocycles. The van der Waals surface area contributed by atoms with E-state index in [9.17, 15) is 14.7 Å². The molecule has 2 rings (SSSR count). The molecule has 0 bridgehead atoms. The summed E-state index contributed by atoms with van der Waals surface area (Å²) in [4.78, 5) is 24.5. The van der Waals surface area contributed by atoms with Crippen molar-refractivity contribution in [1.82, 2.24) is 5.32 Å². The van der Waals surface area contributed by atoms with Crippen LogP contribution in [0.4, 0.5) is 0 Å². The van der Waals surface area contributed by atoms with Gasteiger partial charge < -0.3 is 15.2 Å². The van der Waals surface area contributed by atoms with Gasteiger partial charge >= 0.3 is 5.97 Å². The molecule has 6 heteroatoms. The fraction of sp³-hybridized carbons (Fsp3) is 0.600. The Balaban J connectivity index is 2.14. The molecule has 0 unspecified atom stereocenters. The minimum absolute atomic E-state index is 0.362. The number of ether oxygens (including phenoxy) is 1. The topological polar surface area (TPSA) is 75.6 Å². The van der Waals surface area contributed by atoms with Gasteiger partial charge in [0.25, 0.3) is 5.91 Å². The van der Waals surface area contributed by atoms with E-state index in [1.165, 1.54) is 18.4 Å². The number of thiophene rings is 1. The molecule has 5 nitrogen and oxygen atoms in total. The Hall–Kier alpha value is -1.56. The van der Waals surface area contributed by atoms with Gasteiger partial charge in [-0.2, -0.15) is 0 Å². The lowest BCUT2D eigenvalue weighted by Gasteiger charge is -2.37. The van der Waals surface area contributed by atoms with Crippen LogP contribution in [0, 0.1) is 5.92 Å². The Labute approximate surface area is 128 Å². The molecule has 21 heavy (non-hydrogen) atoms. The van der Waals surface area contributed by atoms with Gasteiger partial charge in [0, 0.05) is 0 Å². The molecule has 1 aliphatic carbocycles. The molecule has 1 aromatic heterocycles. The first-order chi connectivity index (χ1) is 10.0. The van der Waals surface area contributed by atoms with Crippen molar-refractivity contribution < 1.29 is 19.4 Å². The Morgan fingerprint density at radius 3 is 2.67 bits per heavy atom. The van der Waals surface area contributed by atoms with E-state index in [0.717, 1.165) is 19.3 Å². The van der Waals surface area contributed by atoms with Crippen molar-refractivity contribution in [2.75, 3.05) is 7.11 Å². The lowest BCUT2D eigenvalue weighted by molar-refractivity contribution is -0.146. The average Bonchev–Trinajstić information content (AvgIpc) is 2.96. The molecule has 1 heterocycles. The normalized spacial score (nSPS) is 25.3. The van der Waals surface area contributed by atoms with Gasteiger partial charge in [0.15, 0.2) is 0 Å². The van der Waals surface area contributed by atoms with E-state index < -0.39 is 11.5 Å². The zero-order valence-electron chi connectivity index (χ0n) is 12.3. The van der Waals surface area contributed by atoms with Gasteiger partial charge in [-0.25, -0.2) is 4.79 Å². The van der Waals surface area contributed by atoms with Crippen molar-refractivity contribution >= 4 is 23.2 Å². The highest BCUT2D eigenvalue weighted by atomic mass is 32.1. The molecule has 0 spiro atoms. The predicted molar refractivity (Wildman–Crippen MR) is 81.0 cm³/mol. The summed E-state index contributed by atoms with van der Waals surface area (Å²) in [6, 6.07) is 1.71. The maximum Gasteiger partial charge on any atom is 0.329 e. The standard InChI is InChI=1S/C15H21NO4S/c1-3-10-4-7-15(8-5-10,14(18)19)16-13(17)12-11(20-2)6-9-21-12/h6,9-10H,3-5,7-8H2,1-2H3,(H,16,17)(H,18,19). The van der Waals surface area contributed by atoms with E-state index >= 15 is 0 Å². The first-order valence-electron chi connectivity index (χ1n) is 7.20. The van der Waals surface area contributed by atoms with E-state index in [0.29, 0.717) is 29.4 Å². The zero-order chi connectivity index (χ0) is 15.5. The Morgan fingerprint density at radius 1 is 1.48 bits per heavy atom. The fourth-order valence-electron chi connectivity index (χ4n) is 2.87. The Morgan fingerprint density at radius 2 is 2.14 bits per heavy atom. The van der Waals surface area contributed by atoms with Gasteiger partial charge in [-0.15, -0.1) is 11.3 Å². The quantitative estimate of drug-likeness (QED) is 0.876. The molecule has 0 radical (unpaired) electrons. The number of carboxylic acid groups (broad SMARTS) is 1. The number of carbonyl (C=O) groups is 2. The van der Waals surface area contributed by atoms with E-state index in [2.05, 4.69) is 12.2 Å². The third-order valence-corrected chi connectivity index (χ3v) is 5.25. The second-order valence-corrected chi connectivity index (χ2v) is 6.43. The number of rotatable bonds is 5. The number of carbonyl (C=O) groups excluding carboxylic acids is 1. The fourth-order valence-corrected chi connectivity index (χ4v) is 3.62. The molecule has 0 aliphatic heterocycles. The summed E-state index contributed by atoms with van der Waals surface area (Å²) in [5.41, 5.74) is -1.14. The molecule has 0 aromatic carbocycles. The maximum absolute atomic E-state index is 12.4. The van der Waals surface area contributed by atoms with Crippen molar-refractivity contribution in [3.63, 3.8) is 0 Å². The summed E-state index contributed by atoms with van der Waals surface area (Å²) in [5.74, 6) is -0.258. The van der Waals surface area contributed by atoms with Crippen molar-refractivity contribution in [3.05, 3.63) is 16.3 Å². The van der Waals surface area contributed by atoms with Crippen LogP contribution in [0.5, 0.6) is 5.75 Å². The highest BCUT2D eigenvalue weighted by Gasteiger charge is 2.43. The Kier molecular flexibility index (Phi) is 4.88. The van der Waals surface area contributed by atoms with Crippen LogP contribution < -0.4 is 10.1 Å². The SMILES string of the molecule is CCC1CCC(NC(=O)c2sccc2OC)(C(=O)O)CC1. The summed E-state index contributed by atoms with van der Waals surface area (Å²) < 4.78 is 5.13. The van der Waals surface area contributed by atoms with E-state index in [4.69, 9.17) is 4.74 Å². The summed E-state index contributed by atoms with van der Waals surface area (Å²) in [7, 11) is 1.50. The minimum Gasteiger partial charge on any atom is -0.495 e. The molecule has 0 saturated heterocycles. The Bertz CT molecular complexity index is 517. The van der Waals surface area contributed by atoms with Crippen LogP contribution in [0.1, 0.15) is 48.7 Å². The summed E-state index contributed by atoms with van der Waals surface area (Å²) in [5, 5.41) is 14.1. The predicted octanol–water partition coefficient (Wildman–Crippen LogP) is 2.91. The average molecular weight is 311 g/mol. The van der Waals surface area contributed by atoms with Gasteiger partial charge in [-0.3, -0.25) is 4.79 Å². The number of hydrogen-bond acceptors (Lipinski definition) is 4. The van der Waals surface area contributed by atoms with Gasteiger partial charge in [-0.05, 0) is 43.0 Å². The van der Waals surface area contributed by atoms with Gasteiger partial charge in [0.05, 0.1) is 7.11 Å². The third kappa shape index (κ3) is 3.20. The summed E-state index contributed by atoms with van der Waals surface area (Å²) in [6.45, 7) is 2.12. The first-order valence-corrected chi connectivity index (χ1v) is 8.07. The molecule has 116 valence electrons. The first kappa shape index (κ1) is 15.8. The second kappa shape index (κ2) is 6.47. The number of nitrogens with one attached hydrogen (secondary N) is 1. The van der Waals surface area contributed by atoms with Crippen LogP contribution in [-0.4, -0.2) is 29.6 Å².